The molecule has 29 heavy (non-hydrogen) atoms. The van der Waals surface area contributed by atoms with Crippen LogP contribution in [0.15, 0.2) is 36.9 Å². The first-order valence-corrected chi connectivity index (χ1v) is 11.3. The largest absolute Gasteiger partial charge is 0.513 e. The lowest BCUT2D eigenvalue weighted by Crippen LogP contribution is -2.49. The molecule has 166 valence electrons. The molecule has 1 atom stereocenters. The van der Waals surface area contributed by atoms with Crippen molar-refractivity contribution in [2.24, 2.45) is 0 Å². The first-order valence-electron chi connectivity index (χ1n) is 11.3. The minimum atomic E-state index is 0.254. The smallest absolute Gasteiger partial charge is 0.0851 e. The number of likely N-dealkylation sites (N-methyl/N-ethyl adjacent to an activating group) is 1. The molecule has 0 saturated carbocycles. The zero-order chi connectivity index (χ0) is 21.1. The van der Waals surface area contributed by atoms with Gasteiger partial charge in [-0.25, -0.2) is 0 Å². The molecular formula is C23H43N5O. The summed E-state index contributed by atoms with van der Waals surface area (Å²) in [5.74, 6) is 0.254. The van der Waals surface area contributed by atoms with Gasteiger partial charge in [0.25, 0.3) is 0 Å². The number of hydrogen-bond donors (Lipinski definition) is 3. The number of allylic oxidation sites excluding steroid dienone is 2. The molecule has 0 amide bonds. The number of nitrogens with zero attached hydrogens (tertiary/aromatic N) is 3. The SMILES string of the molecule is C=C(O)CCCNC(=C)CCCNC(=C)CN1CCCC1CN1CC[14N](C)[12CH2]C1. The zero-order valence-corrected chi connectivity index (χ0v) is 18.6. The molecule has 0 bridgehead atoms. The molecule has 2 fully saturated rings. The van der Waals surface area contributed by atoms with Gasteiger partial charge in [0.05, 0.1) is 5.76 Å². The van der Waals surface area contributed by atoms with Crippen LogP contribution in [0.25, 0.3) is 0 Å². The third-order valence-electron chi connectivity index (χ3n) is 6.01. The third kappa shape index (κ3) is 9.70. The molecule has 3 N–H and O–H groups in total. The van der Waals surface area contributed by atoms with Crippen molar-refractivity contribution in [1.82, 2.24) is 25.3 Å². The maximum atomic E-state index is 9.08. The average Bonchev–Trinajstić information content (AvgIpc) is 3.10. The zero-order valence-electron chi connectivity index (χ0n) is 18.6. The highest BCUT2D eigenvalue weighted by molar-refractivity contribution is 4.99. The molecule has 1 unspecified atom stereocenters. The van der Waals surface area contributed by atoms with Crippen LogP contribution < -0.4 is 10.6 Å². The van der Waals surface area contributed by atoms with Gasteiger partial charge in [0.1, 0.15) is 0 Å². The van der Waals surface area contributed by atoms with Gasteiger partial charge in [-0.2, -0.15) is 0 Å². The molecule has 2 aliphatic heterocycles. The van der Waals surface area contributed by atoms with Gasteiger partial charge in [-0.05, 0) is 45.7 Å². The van der Waals surface area contributed by atoms with Gasteiger partial charge in [0, 0.05) is 76.2 Å². The van der Waals surface area contributed by atoms with Crippen LogP contribution in [0.1, 0.15) is 38.5 Å². The molecule has 2 aliphatic rings. The Labute approximate surface area is 178 Å². The maximum absolute atomic E-state index is 9.08. The molecule has 6 nitrogen and oxygen atoms in total. The first-order chi connectivity index (χ1) is 13.9. The third-order valence-corrected chi connectivity index (χ3v) is 6.01. The fourth-order valence-electron chi connectivity index (χ4n) is 4.15. The fraction of sp³-hybridized carbons (Fsp3) is 0.739. The number of rotatable bonds is 14. The van der Waals surface area contributed by atoms with E-state index in [1.807, 2.05) is 0 Å². The Kier molecular flexibility index (Phi) is 10.6. The summed E-state index contributed by atoms with van der Waals surface area (Å²) in [4.78, 5) is 7.67. The van der Waals surface area contributed by atoms with E-state index in [0.717, 1.165) is 50.3 Å². The van der Waals surface area contributed by atoms with Crippen LogP contribution in [0.3, 0.4) is 0 Å². The van der Waals surface area contributed by atoms with E-state index >= 15 is 0 Å². The fourth-order valence-corrected chi connectivity index (χ4v) is 4.15. The summed E-state index contributed by atoms with van der Waals surface area (Å²) in [5, 5.41) is 15.9. The first kappa shape index (κ1) is 23.8. The lowest BCUT2D eigenvalue weighted by atomic mass is 10.2. The second kappa shape index (κ2) is 12.9. The lowest BCUT2D eigenvalue weighted by Gasteiger charge is -2.36. The number of aliphatic hydroxyl groups excluding tert-OH is 1. The Morgan fingerprint density at radius 1 is 0.931 bits per heavy atom. The van der Waals surface area contributed by atoms with Gasteiger partial charge in [0.2, 0.25) is 0 Å². The second-order valence-electron chi connectivity index (χ2n) is 8.70. The monoisotopic (exact) mass is 405 g/mol. The van der Waals surface area contributed by atoms with Gasteiger partial charge in [0.15, 0.2) is 0 Å². The Morgan fingerprint density at radius 2 is 1.59 bits per heavy atom. The van der Waals surface area contributed by atoms with Crippen molar-refractivity contribution >= 4 is 0 Å². The standard InChI is InChI=1S/C23H43N5O/c1-20(24-12-6-9-22(3)29)8-5-11-25-21(2)18-28-13-7-10-23(28)19-27-16-14-26(4)15-17-27/h23-25,29H,1-3,5-19H2,4H3/i14+0,26+0. The quantitative estimate of drug-likeness (QED) is 0.305. The van der Waals surface area contributed by atoms with Gasteiger partial charge in [-0.1, -0.05) is 19.7 Å². The number of nitrogens with one attached hydrogen (secondary N) is 2. The molecule has 0 aromatic heterocycles. The number of hydrogen-bond acceptors (Lipinski definition) is 6. The van der Waals surface area contributed by atoms with Gasteiger partial charge < -0.3 is 20.6 Å². The number of piperazine rings is 1. The summed E-state index contributed by atoms with van der Waals surface area (Å²) in [6, 6.07) is 0.677. The van der Waals surface area contributed by atoms with Crippen LogP contribution in [0.2, 0.25) is 0 Å². The highest BCUT2D eigenvalue weighted by Gasteiger charge is 2.27. The van der Waals surface area contributed by atoms with Crippen LogP contribution >= 0.6 is 0 Å². The van der Waals surface area contributed by atoms with Gasteiger partial charge in [-0.3, -0.25) is 9.80 Å². The predicted molar refractivity (Wildman–Crippen MR) is 123 cm³/mol. The van der Waals surface area contributed by atoms with Crippen molar-refractivity contribution in [3.8, 4) is 0 Å². The van der Waals surface area contributed by atoms with Crippen LogP contribution in [-0.2, 0) is 0 Å². The van der Waals surface area contributed by atoms with E-state index in [0.29, 0.717) is 12.5 Å². The molecule has 2 saturated heterocycles. The van der Waals surface area contributed by atoms with Gasteiger partial charge in [-0.15, -0.1) is 0 Å². The highest BCUT2D eigenvalue weighted by atomic mass is 16.3. The molecule has 0 radical (unpaired) electrons. The summed E-state index contributed by atoms with van der Waals surface area (Å²) >= 11 is 0. The summed E-state index contributed by atoms with van der Waals surface area (Å²) < 4.78 is 0. The molecular weight excluding hydrogens is 362 g/mol. The van der Waals surface area contributed by atoms with E-state index < -0.39 is 0 Å². The van der Waals surface area contributed by atoms with Crippen molar-refractivity contribution in [2.45, 2.75) is 44.6 Å². The average molecular weight is 406 g/mol. The van der Waals surface area contributed by atoms with Crippen molar-refractivity contribution in [1.29, 1.82) is 0 Å². The minimum absolute atomic E-state index is 0.254. The molecule has 0 aromatic carbocycles. The van der Waals surface area contributed by atoms with Crippen molar-refractivity contribution in [3.63, 3.8) is 0 Å². The maximum Gasteiger partial charge on any atom is 0.0851 e. The molecule has 2 rings (SSSR count). The molecule has 2 heterocycles. The minimum Gasteiger partial charge on any atom is -0.513 e. The Balaban J connectivity index is 1.55. The predicted octanol–water partition coefficient (Wildman–Crippen LogP) is 2.54. The summed E-state index contributed by atoms with van der Waals surface area (Å²) in [7, 11) is 2.22. The van der Waals surface area contributed by atoms with E-state index in [4.69, 9.17) is 5.11 Å². The Morgan fingerprint density at radius 3 is 2.28 bits per heavy atom. The highest BCUT2D eigenvalue weighted by Crippen LogP contribution is 2.19. The molecule has 0 spiro atoms. The van der Waals surface area contributed by atoms with E-state index in [1.54, 1.807) is 0 Å². The van der Waals surface area contributed by atoms with E-state index in [1.165, 1.54) is 52.1 Å². The molecule has 6 heteroatoms. The second-order valence-corrected chi connectivity index (χ2v) is 8.70. The van der Waals surface area contributed by atoms with Crippen molar-refractivity contribution in [2.75, 3.05) is 66.0 Å². The summed E-state index contributed by atoms with van der Waals surface area (Å²) in [6.07, 6.45) is 6.15. The normalized spacial score (nSPS) is 21.2. The topological polar surface area (TPSA) is 54.0 Å². The van der Waals surface area contributed by atoms with Crippen molar-refractivity contribution < 1.29 is 5.11 Å². The van der Waals surface area contributed by atoms with Crippen molar-refractivity contribution in [3.05, 3.63) is 36.9 Å². The van der Waals surface area contributed by atoms with Gasteiger partial charge >= 0.3 is 0 Å². The number of likely N-dealkylation sites (tertiary alicyclic amines) is 1. The molecule has 0 aromatic rings. The Bertz CT molecular complexity index is 527. The Hall–Kier alpha value is -1.50. The van der Waals surface area contributed by atoms with E-state index in [-0.39, 0.29) is 5.76 Å². The summed E-state index contributed by atoms with van der Waals surface area (Å²) in [5.41, 5.74) is 2.20. The summed E-state index contributed by atoms with van der Waals surface area (Å²) in [6.45, 7) is 21.8. The lowest BCUT2D eigenvalue weighted by molar-refractivity contribution is 0.119. The van der Waals surface area contributed by atoms with Crippen LogP contribution in [0, 0.1) is 0 Å². The van der Waals surface area contributed by atoms with Crippen LogP contribution in [-0.4, -0.2) is 91.8 Å². The van der Waals surface area contributed by atoms with Crippen LogP contribution in [0.4, 0.5) is 0 Å². The van der Waals surface area contributed by atoms with E-state index in [2.05, 4.69) is 52.1 Å². The molecule has 0 aliphatic carbocycles. The van der Waals surface area contributed by atoms with Crippen LogP contribution in [0.5, 0.6) is 0 Å². The van der Waals surface area contributed by atoms with E-state index in [9.17, 15) is 0 Å². The number of aliphatic hydroxyl groups is 1.